The van der Waals surface area contributed by atoms with E-state index in [1.807, 2.05) is 25.1 Å². The molecule has 0 fully saturated rings. The van der Waals surface area contributed by atoms with Crippen LogP contribution in [0.2, 0.25) is 0 Å². The Labute approximate surface area is 170 Å². The first-order chi connectivity index (χ1) is 14.2. The van der Waals surface area contributed by atoms with Gasteiger partial charge in [0, 0.05) is 24.4 Å². The fourth-order valence-electron chi connectivity index (χ4n) is 3.40. The molecule has 142 valence electrons. The van der Waals surface area contributed by atoms with E-state index in [-0.39, 0.29) is 0 Å². The number of rotatable bonds is 3. The summed E-state index contributed by atoms with van der Waals surface area (Å²) in [7, 11) is -0.706. The zero-order chi connectivity index (χ0) is 19.8. The molecule has 0 unspecified atom stereocenters. The second-order valence-electron chi connectivity index (χ2n) is 6.93. The fraction of sp³-hybridized carbons (Fsp3) is 0.0909. The zero-order valence-electron chi connectivity index (χ0n) is 15.9. The third-order valence-corrected chi connectivity index (χ3v) is 6.70. The van der Waals surface area contributed by atoms with Crippen molar-refractivity contribution in [3.63, 3.8) is 0 Å². The summed E-state index contributed by atoms with van der Waals surface area (Å²) >= 11 is 0. The van der Waals surface area contributed by atoms with Crippen LogP contribution in [0, 0.1) is 0 Å². The molecule has 0 atom stereocenters. The molecule has 0 spiro atoms. The van der Waals surface area contributed by atoms with Crippen molar-refractivity contribution in [1.29, 1.82) is 0 Å². The minimum Gasteiger partial charge on any atom is -0.438 e. The Morgan fingerprint density at radius 2 is 2.00 bits per heavy atom. The van der Waals surface area contributed by atoms with Crippen LogP contribution in [-0.2, 0) is 6.42 Å². The van der Waals surface area contributed by atoms with Crippen LogP contribution in [0.4, 0.5) is 0 Å². The summed E-state index contributed by atoms with van der Waals surface area (Å²) in [6, 6.07) is 6.15. The highest BCUT2D eigenvalue weighted by Gasteiger charge is 2.22. The predicted molar refractivity (Wildman–Crippen MR) is 114 cm³/mol. The van der Waals surface area contributed by atoms with Crippen LogP contribution in [0.15, 0.2) is 72.9 Å². The van der Waals surface area contributed by atoms with E-state index in [4.69, 9.17) is 14.5 Å². The van der Waals surface area contributed by atoms with E-state index in [2.05, 4.69) is 33.7 Å². The van der Waals surface area contributed by atoms with E-state index in [0.29, 0.717) is 18.2 Å². The van der Waals surface area contributed by atoms with Crippen molar-refractivity contribution in [2.75, 3.05) is 0 Å². The summed E-state index contributed by atoms with van der Waals surface area (Å²) in [5, 5.41) is 2.19. The molecule has 6 nitrogen and oxygen atoms in total. The van der Waals surface area contributed by atoms with Crippen molar-refractivity contribution in [3.8, 4) is 28.8 Å². The lowest BCUT2D eigenvalue weighted by Gasteiger charge is -2.20. The largest absolute Gasteiger partial charge is 0.438 e. The molecule has 2 aliphatic heterocycles. The number of nitrogens with zero attached hydrogens (tertiary/aromatic N) is 4. The van der Waals surface area contributed by atoms with Gasteiger partial charge in [-0.05, 0) is 29.8 Å². The van der Waals surface area contributed by atoms with E-state index in [9.17, 15) is 0 Å². The van der Waals surface area contributed by atoms with Crippen LogP contribution in [0.1, 0.15) is 12.6 Å². The van der Waals surface area contributed by atoms with Crippen LogP contribution < -0.4 is 20.0 Å². The molecule has 7 heteroatoms. The maximum Gasteiger partial charge on any atom is 0.242 e. The van der Waals surface area contributed by atoms with Crippen molar-refractivity contribution in [2.45, 2.75) is 13.3 Å². The number of allylic oxidation sites excluding steroid dienone is 4. The van der Waals surface area contributed by atoms with Crippen molar-refractivity contribution >= 4 is 20.0 Å². The second-order valence-corrected chi connectivity index (χ2v) is 8.72. The summed E-state index contributed by atoms with van der Waals surface area (Å²) in [5.74, 6) is 2.77. The Morgan fingerprint density at radius 3 is 2.90 bits per heavy atom. The van der Waals surface area contributed by atoms with Gasteiger partial charge < -0.3 is 9.47 Å². The highest BCUT2D eigenvalue weighted by Crippen LogP contribution is 2.31. The molecule has 1 aromatic carbocycles. The van der Waals surface area contributed by atoms with Crippen molar-refractivity contribution in [1.82, 2.24) is 19.9 Å². The topological polar surface area (TPSA) is 70.0 Å². The number of ether oxygens (including phenoxy) is 2. The maximum atomic E-state index is 6.00. The summed E-state index contributed by atoms with van der Waals surface area (Å²) < 4.78 is 12.0. The van der Waals surface area contributed by atoms with Crippen molar-refractivity contribution < 1.29 is 9.47 Å². The third-order valence-electron chi connectivity index (χ3n) is 4.92. The lowest BCUT2D eigenvalue weighted by molar-refractivity contribution is 0.399. The van der Waals surface area contributed by atoms with Gasteiger partial charge in [0.25, 0.3) is 0 Å². The van der Waals surface area contributed by atoms with Gasteiger partial charge in [0.05, 0.1) is 17.2 Å². The summed E-state index contributed by atoms with van der Waals surface area (Å²) in [4.78, 5) is 18.0. The van der Waals surface area contributed by atoms with Gasteiger partial charge in [0.15, 0.2) is 0 Å². The summed E-state index contributed by atoms with van der Waals surface area (Å²) in [6.45, 7) is 5.74. The standard InChI is InChI=1S/C22H18N4O2Si/c1-3-4-5-17-13(2)10-15-20(27-17)26-16(12-25-15)14-6-7-19-18(11-14)28-21-22(29-19)24-9-8-23-21/h3-9,11-12H,1,10,29H2,2H3/b5-4-. The van der Waals surface area contributed by atoms with Crippen LogP contribution >= 0.6 is 0 Å². The molecule has 0 amide bonds. The first kappa shape index (κ1) is 17.5. The molecule has 4 heterocycles. The van der Waals surface area contributed by atoms with E-state index in [1.54, 1.807) is 24.7 Å². The minimum absolute atomic E-state index is 0.543. The van der Waals surface area contributed by atoms with Crippen molar-refractivity contribution in [2.24, 2.45) is 0 Å². The average molecular weight is 398 g/mol. The van der Waals surface area contributed by atoms with Crippen LogP contribution in [0.3, 0.4) is 0 Å². The lowest BCUT2D eigenvalue weighted by atomic mass is 10.1. The van der Waals surface area contributed by atoms with Gasteiger partial charge in [-0.1, -0.05) is 30.9 Å². The molecule has 0 radical (unpaired) electrons. The van der Waals surface area contributed by atoms with E-state index < -0.39 is 9.52 Å². The van der Waals surface area contributed by atoms with Gasteiger partial charge in [-0.2, -0.15) is 0 Å². The molecule has 3 aromatic rings. The van der Waals surface area contributed by atoms with Crippen molar-refractivity contribution in [3.05, 3.63) is 78.6 Å². The molecular weight excluding hydrogens is 380 g/mol. The van der Waals surface area contributed by atoms with E-state index in [0.717, 1.165) is 39.4 Å². The molecule has 5 rings (SSSR count). The molecule has 29 heavy (non-hydrogen) atoms. The number of hydrogen-bond acceptors (Lipinski definition) is 6. The highest BCUT2D eigenvalue weighted by molar-refractivity contribution is 6.68. The van der Waals surface area contributed by atoms with Gasteiger partial charge in [-0.25, -0.2) is 9.97 Å². The smallest absolute Gasteiger partial charge is 0.242 e. The summed E-state index contributed by atoms with van der Waals surface area (Å²) in [6.07, 6.45) is 11.3. The molecule has 0 saturated heterocycles. The summed E-state index contributed by atoms with van der Waals surface area (Å²) in [5.41, 5.74) is 3.63. The third kappa shape index (κ3) is 3.25. The Kier molecular flexibility index (Phi) is 4.29. The Hall–Kier alpha value is -3.58. The first-order valence-electron chi connectivity index (χ1n) is 9.35. The number of benzene rings is 1. The van der Waals surface area contributed by atoms with Crippen LogP contribution in [-0.4, -0.2) is 29.5 Å². The Morgan fingerprint density at radius 1 is 1.10 bits per heavy atom. The molecule has 0 aliphatic carbocycles. The molecule has 0 saturated carbocycles. The lowest BCUT2D eigenvalue weighted by Crippen LogP contribution is -2.36. The van der Waals surface area contributed by atoms with Gasteiger partial charge in [-0.15, -0.1) is 0 Å². The number of aromatic nitrogens is 4. The molecular formula is C22H18N4O2Si. The maximum absolute atomic E-state index is 6.00. The highest BCUT2D eigenvalue weighted by atomic mass is 28.2. The van der Waals surface area contributed by atoms with Crippen LogP contribution in [0.25, 0.3) is 11.3 Å². The molecule has 2 aromatic heterocycles. The quantitative estimate of drug-likeness (QED) is 0.389. The Bertz CT molecular complexity index is 1200. The average Bonchev–Trinajstić information content (AvgIpc) is 2.75. The SMILES string of the molecule is C=C/C=C\C1=C(C)Cc2ncc(-c3ccc4c(c3)Oc3nccnc3[SiH2]4)nc2O1. The van der Waals surface area contributed by atoms with Gasteiger partial charge in [0.2, 0.25) is 11.8 Å². The van der Waals surface area contributed by atoms with Gasteiger partial charge >= 0.3 is 0 Å². The number of fused-ring (bicyclic) bond motifs is 3. The molecule has 0 N–H and O–H groups in total. The van der Waals surface area contributed by atoms with E-state index in [1.165, 1.54) is 5.19 Å². The molecule has 0 bridgehead atoms. The second kappa shape index (κ2) is 7.10. The zero-order valence-corrected chi connectivity index (χ0v) is 17.3. The Balaban J connectivity index is 1.47. The van der Waals surface area contributed by atoms with Gasteiger partial charge in [-0.3, -0.25) is 9.97 Å². The first-order valence-corrected chi connectivity index (χ1v) is 10.8. The van der Waals surface area contributed by atoms with Crippen LogP contribution in [0.5, 0.6) is 17.5 Å². The van der Waals surface area contributed by atoms with E-state index >= 15 is 0 Å². The normalized spacial score (nSPS) is 15.3. The van der Waals surface area contributed by atoms with Gasteiger partial charge in [0.1, 0.15) is 26.7 Å². The number of hydrogen-bond donors (Lipinski definition) is 0. The monoisotopic (exact) mass is 398 g/mol. The minimum atomic E-state index is -0.706. The fourth-order valence-corrected chi connectivity index (χ4v) is 4.86. The molecule has 2 aliphatic rings. The predicted octanol–water partition coefficient (Wildman–Crippen LogP) is 2.11.